The Hall–Kier alpha value is -4.70. The van der Waals surface area contributed by atoms with Crippen molar-refractivity contribution >= 4 is 39.6 Å². The summed E-state index contributed by atoms with van der Waals surface area (Å²) in [4.78, 5) is 37.6. The first-order valence-corrected chi connectivity index (χ1v) is 11.9. The summed E-state index contributed by atoms with van der Waals surface area (Å²) < 4.78 is 7.08. The van der Waals surface area contributed by atoms with Gasteiger partial charge in [-0.25, -0.2) is 14.8 Å². The van der Waals surface area contributed by atoms with E-state index < -0.39 is 5.76 Å². The number of oxazole rings is 1. The van der Waals surface area contributed by atoms with Crippen LogP contribution in [0.2, 0.25) is 5.02 Å². The number of halogens is 1. The van der Waals surface area contributed by atoms with Crippen molar-refractivity contribution in [1.82, 2.24) is 29.7 Å². The molecule has 0 amide bonds. The number of hydrogen-bond acceptors (Lipinski definition) is 7. The maximum Gasteiger partial charge on any atom is 0.417 e. The molecule has 37 heavy (non-hydrogen) atoms. The van der Waals surface area contributed by atoms with Gasteiger partial charge in [0.2, 0.25) is 0 Å². The fraction of sp³-hybridized carbons (Fsp3) is 0.115. The minimum atomic E-state index is -0.536. The standard InChI is InChI=1S/C26H20ClN7O3/c27-19-9-18(22-21(10-19)32-26(36)37-22)11-29-23-20-13-34(33-24(20)31-14-30-23)12-16-5-3-15(4-6-16)8-17-2-1-7-28-25(17)35/h1-7,9-10,13-14H,8,11-12H2,(H,28,35)(H,32,36)(H,29,30,31,33). The van der Waals surface area contributed by atoms with Crippen molar-refractivity contribution < 1.29 is 4.42 Å². The van der Waals surface area contributed by atoms with Gasteiger partial charge in [0, 0.05) is 41.5 Å². The molecular formula is C26H20ClN7O3. The number of H-pyrrole nitrogens is 2. The molecule has 0 fully saturated rings. The van der Waals surface area contributed by atoms with Crippen LogP contribution in [-0.4, -0.2) is 29.7 Å². The Labute approximate surface area is 214 Å². The van der Waals surface area contributed by atoms with E-state index in [1.165, 1.54) is 6.33 Å². The molecule has 0 unspecified atom stereocenters. The Balaban J connectivity index is 1.20. The van der Waals surface area contributed by atoms with E-state index in [1.807, 2.05) is 47.3 Å². The number of anilines is 1. The average Bonchev–Trinajstić information content (AvgIpc) is 3.47. The van der Waals surface area contributed by atoms with Gasteiger partial charge >= 0.3 is 5.76 Å². The SMILES string of the molecule is O=c1[nH]c2cc(Cl)cc(CNc3ncnc4nn(Cc5ccc(Cc6ccc[nH]c6=O)cc5)cc34)c2o1. The van der Waals surface area contributed by atoms with Crippen molar-refractivity contribution in [2.45, 2.75) is 19.5 Å². The lowest BCUT2D eigenvalue weighted by Gasteiger charge is -2.07. The third-order valence-corrected chi connectivity index (χ3v) is 6.25. The Morgan fingerprint density at radius 1 is 1.03 bits per heavy atom. The van der Waals surface area contributed by atoms with E-state index in [0.29, 0.717) is 47.1 Å². The second kappa shape index (κ2) is 9.40. The smallest absolute Gasteiger partial charge is 0.407 e. The quantitative estimate of drug-likeness (QED) is 0.295. The van der Waals surface area contributed by atoms with Gasteiger partial charge in [-0.1, -0.05) is 41.9 Å². The molecule has 0 aliphatic carbocycles. The lowest BCUT2D eigenvalue weighted by molar-refractivity contribution is 0.552. The summed E-state index contributed by atoms with van der Waals surface area (Å²) in [6, 6.07) is 15.1. The van der Waals surface area contributed by atoms with Crippen LogP contribution in [0.25, 0.3) is 22.1 Å². The molecule has 10 nitrogen and oxygen atoms in total. The fourth-order valence-electron chi connectivity index (χ4n) is 4.27. The Kier molecular flexibility index (Phi) is 5.78. The first-order valence-electron chi connectivity index (χ1n) is 11.5. The summed E-state index contributed by atoms with van der Waals surface area (Å²) in [5, 5.41) is 9.11. The molecule has 11 heteroatoms. The molecule has 2 aromatic carbocycles. The van der Waals surface area contributed by atoms with Crippen molar-refractivity contribution in [3.63, 3.8) is 0 Å². The maximum atomic E-state index is 11.9. The fourth-order valence-corrected chi connectivity index (χ4v) is 4.51. The van der Waals surface area contributed by atoms with Crippen molar-refractivity contribution in [3.8, 4) is 0 Å². The zero-order valence-corrected chi connectivity index (χ0v) is 20.1. The molecule has 0 radical (unpaired) electrons. The minimum Gasteiger partial charge on any atom is -0.407 e. The third-order valence-electron chi connectivity index (χ3n) is 6.03. The molecule has 184 valence electrons. The summed E-state index contributed by atoms with van der Waals surface area (Å²) in [5.74, 6) is 0.0664. The molecule has 4 aromatic heterocycles. The van der Waals surface area contributed by atoms with E-state index in [1.54, 1.807) is 18.3 Å². The highest BCUT2D eigenvalue weighted by molar-refractivity contribution is 6.31. The number of aromatic amines is 2. The minimum absolute atomic E-state index is 0.0715. The predicted molar refractivity (Wildman–Crippen MR) is 140 cm³/mol. The number of benzene rings is 2. The van der Waals surface area contributed by atoms with E-state index >= 15 is 0 Å². The van der Waals surface area contributed by atoms with E-state index in [-0.39, 0.29) is 5.56 Å². The molecular weight excluding hydrogens is 494 g/mol. The van der Waals surface area contributed by atoms with Crippen molar-refractivity contribution in [2.24, 2.45) is 0 Å². The van der Waals surface area contributed by atoms with E-state index in [0.717, 1.165) is 27.6 Å². The second-order valence-corrected chi connectivity index (χ2v) is 9.05. The molecule has 4 heterocycles. The van der Waals surface area contributed by atoms with Gasteiger partial charge in [0.05, 0.1) is 17.4 Å². The van der Waals surface area contributed by atoms with Crippen LogP contribution in [0.4, 0.5) is 5.82 Å². The van der Waals surface area contributed by atoms with Crippen LogP contribution >= 0.6 is 11.6 Å². The number of hydrogen-bond donors (Lipinski definition) is 3. The van der Waals surface area contributed by atoms with Crippen LogP contribution < -0.4 is 16.6 Å². The van der Waals surface area contributed by atoms with Crippen molar-refractivity contribution in [3.05, 3.63) is 115 Å². The van der Waals surface area contributed by atoms with Crippen LogP contribution in [0, 0.1) is 0 Å². The molecule has 0 aliphatic rings. The highest BCUT2D eigenvalue weighted by Gasteiger charge is 2.13. The number of pyridine rings is 1. The number of aromatic nitrogens is 6. The molecule has 0 aliphatic heterocycles. The number of rotatable bonds is 7. The molecule has 6 aromatic rings. The van der Waals surface area contributed by atoms with E-state index in [9.17, 15) is 9.59 Å². The number of nitrogens with one attached hydrogen (secondary N) is 3. The zero-order valence-electron chi connectivity index (χ0n) is 19.4. The van der Waals surface area contributed by atoms with Gasteiger partial charge in [0.15, 0.2) is 11.2 Å². The highest BCUT2D eigenvalue weighted by Crippen LogP contribution is 2.24. The molecule has 0 saturated heterocycles. The molecule has 6 rings (SSSR count). The maximum absolute atomic E-state index is 11.9. The molecule has 0 bridgehead atoms. The summed E-state index contributed by atoms with van der Waals surface area (Å²) in [6.07, 6.45) is 5.54. The van der Waals surface area contributed by atoms with E-state index in [4.69, 9.17) is 16.0 Å². The Bertz CT molecular complexity index is 1850. The third kappa shape index (κ3) is 4.74. The topological polar surface area (TPSA) is 134 Å². The first kappa shape index (κ1) is 22.7. The molecule has 0 atom stereocenters. The lowest BCUT2D eigenvalue weighted by atomic mass is 10.0. The van der Waals surface area contributed by atoms with Gasteiger partial charge in [0.1, 0.15) is 12.1 Å². The average molecular weight is 514 g/mol. The predicted octanol–water partition coefficient (Wildman–Crippen LogP) is 3.85. The van der Waals surface area contributed by atoms with Crippen LogP contribution in [0.15, 0.2) is 81.3 Å². The lowest BCUT2D eigenvalue weighted by Crippen LogP contribution is -2.11. The summed E-state index contributed by atoms with van der Waals surface area (Å²) in [7, 11) is 0. The van der Waals surface area contributed by atoms with Gasteiger partial charge in [0.25, 0.3) is 5.56 Å². The summed E-state index contributed by atoms with van der Waals surface area (Å²) >= 11 is 6.20. The van der Waals surface area contributed by atoms with Crippen LogP contribution in [0.3, 0.4) is 0 Å². The van der Waals surface area contributed by atoms with Crippen LogP contribution in [0.1, 0.15) is 22.3 Å². The van der Waals surface area contributed by atoms with Gasteiger partial charge in [-0.05, 0) is 29.3 Å². The van der Waals surface area contributed by atoms with Crippen molar-refractivity contribution in [1.29, 1.82) is 0 Å². The first-order chi connectivity index (χ1) is 18.0. The zero-order chi connectivity index (χ0) is 25.4. The second-order valence-electron chi connectivity index (χ2n) is 8.61. The van der Waals surface area contributed by atoms with Gasteiger partial charge in [-0.2, -0.15) is 5.10 Å². The van der Waals surface area contributed by atoms with Gasteiger partial charge in [-0.15, -0.1) is 0 Å². The monoisotopic (exact) mass is 513 g/mol. The largest absolute Gasteiger partial charge is 0.417 e. The van der Waals surface area contributed by atoms with E-state index in [2.05, 4.69) is 30.4 Å². The molecule has 3 N–H and O–H groups in total. The molecule has 0 spiro atoms. The summed E-state index contributed by atoms with van der Waals surface area (Å²) in [5.41, 5.74) is 5.03. The van der Waals surface area contributed by atoms with Crippen molar-refractivity contribution in [2.75, 3.05) is 5.32 Å². The molecule has 0 saturated carbocycles. The van der Waals surface area contributed by atoms with Crippen LogP contribution in [0.5, 0.6) is 0 Å². The van der Waals surface area contributed by atoms with Gasteiger partial charge in [-0.3, -0.25) is 14.5 Å². The number of fused-ring (bicyclic) bond motifs is 2. The highest BCUT2D eigenvalue weighted by atomic mass is 35.5. The Morgan fingerprint density at radius 3 is 2.70 bits per heavy atom. The normalized spacial score (nSPS) is 11.4. The number of nitrogens with zero attached hydrogens (tertiary/aromatic N) is 4. The Morgan fingerprint density at radius 2 is 1.86 bits per heavy atom. The van der Waals surface area contributed by atoms with Gasteiger partial charge < -0.3 is 14.7 Å². The summed E-state index contributed by atoms with van der Waals surface area (Å²) in [6.45, 7) is 0.881. The van der Waals surface area contributed by atoms with Crippen LogP contribution in [-0.2, 0) is 19.5 Å².